The van der Waals surface area contributed by atoms with Gasteiger partial charge in [0.05, 0.1) is 51.7 Å². The summed E-state index contributed by atoms with van der Waals surface area (Å²) in [5.74, 6) is -0.766. The average Bonchev–Trinajstić information content (AvgIpc) is 3.67. The predicted octanol–water partition coefficient (Wildman–Crippen LogP) is 11.0. The van der Waals surface area contributed by atoms with E-state index in [9.17, 15) is 14.9 Å². The SMILES string of the molecule is [C-]#[N+]c1cccc(-c2ccc3c4ccc(-c5cccc(C#N)c5)cc4n(-c4cccc5c4C(=O)N(c4ccc(-c6ccccc6)cc4)C5=O)c3c2)c1. The van der Waals surface area contributed by atoms with Crippen molar-refractivity contribution in [1.82, 2.24) is 4.57 Å². The summed E-state index contributed by atoms with van der Waals surface area (Å²) < 4.78 is 2.07. The van der Waals surface area contributed by atoms with Crippen molar-refractivity contribution in [2.75, 3.05) is 4.90 Å². The number of rotatable bonds is 5. The van der Waals surface area contributed by atoms with E-state index in [0.29, 0.717) is 33.8 Å². The number of nitrogens with zero attached hydrogens (tertiary/aromatic N) is 4. The van der Waals surface area contributed by atoms with Crippen molar-refractivity contribution < 1.29 is 9.59 Å². The maximum absolute atomic E-state index is 14.5. The molecule has 1 aliphatic heterocycles. The molecule has 2 heterocycles. The Labute approximate surface area is 299 Å². The number of carbonyl (C=O) groups excluding carboxylic acids is 2. The van der Waals surface area contributed by atoms with Crippen LogP contribution >= 0.6 is 0 Å². The van der Waals surface area contributed by atoms with Crippen LogP contribution in [-0.2, 0) is 0 Å². The van der Waals surface area contributed by atoms with E-state index in [0.717, 1.165) is 55.2 Å². The first-order valence-electron chi connectivity index (χ1n) is 16.8. The van der Waals surface area contributed by atoms with E-state index in [1.807, 2.05) is 115 Å². The molecule has 1 aliphatic rings. The number of hydrogen-bond acceptors (Lipinski definition) is 3. The molecule has 0 saturated carbocycles. The van der Waals surface area contributed by atoms with E-state index in [1.54, 1.807) is 18.2 Å². The van der Waals surface area contributed by atoms with Crippen LogP contribution in [-0.4, -0.2) is 16.4 Å². The summed E-state index contributed by atoms with van der Waals surface area (Å²) >= 11 is 0. The number of aromatic nitrogens is 1. The largest absolute Gasteiger partial charge is 0.308 e. The van der Waals surface area contributed by atoms with Crippen molar-refractivity contribution in [1.29, 1.82) is 5.26 Å². The van der Waals surface area contributed by atoms with Crippen molar-refractivity contribution >= 4 is 45.0 Å². The van der Waals surface area contributed by atoms with Gasteiger partial charge in [0.1, 0.15) is 0 Å². The monoisotopic (exact) mass is 666 g/mol. The summed E-state index contributed by atoms with van der Waals surface area (Å²) in [5, 5.41) is 11.5. The highest BCUT2D eigenvalue weighted by Crippen LogP contribution is 2.41. The zero-order valence-corrected chi connectivity index (χ0v) is 27.6. The summed E-state index contributed by atoms with van der Waals surface area (Å²) in [7, 11) is 0. The van der Waals surface area contributed by atoms with E-state index in [2.05, 4.69) is 39.7 Å². The lowest BCUT2D eigenvalue weighted by Crippen LogP contribution is -2.29. The molecule has 0 aliphatic carbocycles. The summed E-state index contributed by atoms with van der Waals surface area (Å²) in [6, 6.07) is 52.5. The van der Waals surface area contributed by atoms with Crippen molar-refractivity contribution in [3.8, 4) is 45.1 Å². The van der Waals surface area contributed by atoms with Crippen LogP contribution in [0.5, 0.6) is 0 Å². The van der Waals surface area contributed by atoms with Crippen LogP contribution in [0.4, 0.5) is 11.4 Å². The van der Waals surface area contributed by atoms with Gasteiger partial charge in [0.15, 0.2) is 5.69 Å². The molecule has 1 aromatic heterocycles. The highest BCUT2D eigenvalue weighted by molar-refractivity contribution is 6.35. The quantitative estimate of drug-likeness (QED) is 0.136. The molecule has 0 N–H and O–H groups in total. The zero-order chi connectivity index (χ0) is 35.3. The maximum atomic E-state index is 14.5. The normalized spacial score (nSPS) is 12.2. The third-order valence-electron chi connectivity index (χ3n) is 9.77. The molecule has 2 amide bonds. The fourth-order valence-electron chi connectivity index (χ4n) is 7.28. The molecule has 8 aromatic rings. The number of fused-ring (bicyclic) bond motifs is 4. The summed E-state index contributed by atoms with van der Waals surface area (Å²) in [4.78, 5) is 33.4. The molecule has 6 heteroatoms. The van der Waals surface area contributed by atoms with Gasteiger partial charge in [0.25, 0.3) is 11.8 Å². The molecular formula is C46H26N4O2. The first-order chi connectivity index (χ1) is 25.5. The van der Waals surface area contributed by atoms with Gasteiger partial charge in [-0.2, -0.15) is 5.26 Å². The lowest BCUT2D eigenvalue weighted by molar-refractivity contribution is 0.0926. The minimum atomic E-state index is -0.392. The zero-order valence-electron chi connectivity index (χ0n) is 27.6. The van der Waals surface area contributed by atoms with Gasteiger partial charge in [-0.25, -0.2) is 9.74 Å². The van der Waals surface area contributed by atoms with Crippen molar-refractivity contribution in [3.63, 3.8) is 0 Å². The second kappa shape index (κ2) is 12.1. The van der Waals surface area contributed by atoms with Gasteiger partial charge in [-0.05, 0) is 88.0 Å². The fourth-order valence-corrected chi connectivity index (χ4v) is 7.28. The molecule has 242 valence electrons. The number of hydrogen-bond donors (Lipinski definition) is 0. The van der Waals surface area contributed by atoms with E-state index in [-0.39, 0.29) is 5.91 Å². The van der Waals surface area contributed by atoms with E-state index >= 15 is 0 Å². The smallest absolute Gasteiger partial charge is 0.268 e. The standard InChI is InChI=1S/C46H26N4O2/c1-48-36-13-6-12-33(25-36)35-19-23-39-38-22-18-34(32-11-5-8-29(24-32)28-47)26-42(38)50(43(39)27-35)41-15-7-14-40-44(41)46(52)49(45(40)51)37-20-16-31(17-21-37)30-9-3-2-4-10-30/h2-27H. The molecule has 7 aromatic carbocycles. The van der Waals surface area contributed by atoms with Gasteiger partial charge in [-0.15, -0.1) is 0 Å². The fraction of sp³-hybridized carbons (Fsp3) is 0. The number of anilines is 1. The van der Waals surface area contributed by atoms with Crippen LogP contribution in [0, 0.1) is 17.9 Å². The molecule has 0 spiro atoms. The van der Waals surface area contributed by atoms with Crippen molar-refractivity contribution in [2.24, 2.45) is 0 Å². The molecule has 0 unspecified atom stereocenters. The number of amides is 2. The van der Waals surface area contributed by atoms with E-state index < -0.39 is 5.91 Å². The Morgan fingerprint density at radius 2 is 1.12 bits per heavy atom. The summed E-state index contributed by atoms with van der Waals surface area (Å²) in [6.07, 6.45) is 0. The van der Waals surface area contributed by atoms with Crippen LogP contribution in [0.25, 0.3) is 65.7 Å². The number of nitriles is 1. The molecule has 0 saturated heterocycles. The topological polar surface area (TPSA) is 70.5 Å². The average molecular weight is 667 g/mol. The van der Waals surface area contributed by atoms with Crippen LogP contribution in [0.1, 0.15) is 26.3 Å². The Morgan fingerprint density at radius 1 is 0.538 bits per heavy atom. The van der Waals surface area contributed by atoms with Crippen LogP contribution in [0.2, 0.25) is 0 Å². The molecule has 0 fully saturated rings. The minimum absolute atomic E-state index is 0.329. The van der Waals surface area contributed by atoms with Gasteiger partial charge in [-0.1, -0.05) is 103 Å². The molecular weight excluding hydrogens is 641 g/mol. The third-order valence-corrected chi connectivity index (χ3v) is 9.77. The van der Waals surface area contributed by atoms with E-state index in [4.69, 9.17) is 6.57 Å². The predicted molar refractivity (Wildman–Crippen MR) is 206 cm³/mol. The second-order valence-corrected chi connectivity index (χ2v) is 12.7. The Balaban J connectivity index is 1.25. The lowest BCUT2D eigenvalue weighted by atomic mass is 10.0. The highest BCUT2D eigenvalue weighted by Gasteiger charge is 2.39. The number of carbonyl (C=O) groups is 2. The Hall–Kier alpha value is -7.54. The van der Waals surface area contributed by atoms with Crippen LogP contribution in [0.3, 0.4) is 0 Å². The van der Waals surface area contributed by atoms with Crippen LogP contribution in [0.15, 0.2) is 158 Å². The minimum Gasteiger partial charge on any atom is -0.308 e. The first kappa shape index (κ1) is 30.5. The number of imide groups is 1. The van der Waals surface area contributed by atoms with Gasteiger partial charge >= 0.3 is 0 Å². The lowest BCUT2D eigenvalue weighted by Gasteiger charge is -2.15. The summed E-state index contributed by atoms with van der Waals surface area (Å²) in [6.45, 7) is 7.54. The van der Waals surface area contributed by atoms with E-state index in [1.165, 1.54) is 4.90 Å². The third kappa shape index (κ3) is 4.87. The molecule has 6 nitrogen and oxygen atoms in total. The Kier molecular flexibility index (Phi) is 7.10. The van der Waals surface area contributed by atoms with Crippen molar-refractivity contribution in [3.05, 3.63) is 186 Å². The molecule has 9 rings (SSSR count). The second-order valence-electron chi connectivity index (χ2n) is 12.7. The Bertz CT molecular complexity index is 2740. The number of benzene rings is 7. The first-order valence-corrected chi connectivity index (χ1v) is 16.8. The van der Waals surface area contributed by atoms with Gasteiger partial charge in [-0.3, -0.25) is 9.59 Å². The Morgan fingerprint density at radius 3 is 1.79 bits per heavy atom. The van der Waals surface area contributed by atoms with Gasteiger partial charge in [0.2, 0.25) is 0 Å². The van der Waals surface area contributed by atoms with Gasteiger partial charge in [0, 0.05) is 10.8 Å². The molecule has 0 atom stereocenters. The summed E-state index contributed by atoms with van der Waals surface area (Å²) in [5.41, 5.74) is 10.2. The maximum Gasteiger partial charge on any atom is 0.268 e. The highest BCUT2D eigenvalue weighted by atomic mass is 16.2. The van der Waals surface area contributed by atoms with Crippen LogP contribution < -0.4 is 4.90 Å². The molecule has 0 radical (unpaired) electrons. The van der Waals surface area contributed by atoms with Gasteiger partial charge < -0.3 is 4.57 Å². The molecule has 52 heavy (non-hydrogen) atoms. The molecule has 0 bridgehead atoms. The van der Waals surface area contributed by atoms with Crippen molar-refractivity contribution in [2.45, 2.75) is 0 Å².